The number of carbonyl (C=O) groups excluding carboxylic acids is 1. The molecule has 2 aromatic rings. The molecule has 2 N–H and O–H groups in total. The number of rotatable bonds is 8. The largest absolute Gasteiger partial charge is 0.469 e. The van der Waals surface area contributed by atoms with E-state index >= 15 is 0 Å². The second-order valence-electron chi connectivity index (χ2n) is 7.47. The SMILES string of the molecule is CCOC(=O)N1CCC(NC(=NCCc2ccco2)NCCc2ccc(F)cc2)CC1.I. The topological polar surface area (TPSA) is 79.1 Å². The van der Waals surface area contributed by atoms with Crippen molar-refractivity contribution in [3.63, 3.8) is 0 Å². The van der Waals surface area contributed by atoms with E-state index in [1.807, 2.05) is 19.1 Å². The van der Waals surface area contributed by atoms with E-state index in [-0.39, 0.29) is 41.9 Å². The molecule has 0 unspecified atom stereocenters. The average molecular weight is 558 g/mol. The summed E-state index contributed by atoms with van der Waals surface area (Å²) in [5.41, 5.74) is 1.06. The monoisotopic (exact) mass is 558 g/mol. The van der Waals surface area contributed by atoms with Crippen LogP contribution in [0.15, 0.2) is 52.1 Å². The Kier molecular flexibility index (Phi) is 11.3. The Morgan fingerprint density at radius 3 is 2.62 bits per heavy atom. The summed E-state index contributed by atoms with van der Waals surface area (Å²) in [6.45, 7) is 4.80. The highest BCUT2D eigenvalue weighted by Gasteiger charge is 2.24. The first kappa shape index (κ1) is 26.0. The minimum absolute atomic E-state index is 0. The van der Waals surface area contributed by atoms with Gasteiger partial charge in [-0.25, -0.2) is 9.18 Å². The molecule has 3 rings (SSSR count). The highest BCUT2D eigenvalue weighted by Crippen LogP contribution is 2.11. The van der Waals surface area contributed by atoms with E-state index in [0.717, 1.165) is 43.0 Å². The molecule has 9 heteroatoms. The van der Waals surface area contributed by atoms with Gasteiger partial charge in [-0.1, -0.05) is 12.1 Å². The number of likely N-dealkylation sites (tertiary alicyclic amines) is 1. The quantitative estimate of drug-likeness (QED) is 0.291. The van der Waals surface area contributed by atoms with E-state index < -0.39 is 0 Å². The summed E-state index contributed by atoms with van der Waals surface area (Å²) in [6, 6.07) is 10.6. The van der Waals surface area contributed by atoms with E-state index in [0.29, 0.717) is 32.8 Å². The number of furan rings is 1. The number of nitrogens with zero attached hydrogens (tertiary/aromatic N) is 2. The van der Waals surface area contributed by atoms with Crippen LogP contribution in [0, 0.1) is 5.82 Å². The molecule has 1 aliphatic heterocycles. The summed E-state index contributed by atoms with van der Waals surface area (Å²) < 4.78 is 23.6. The molecule has 1 fully saturated rings. The highest BCUT2D eigenvalue weighted by atomic mass is 127. The smallest absolute Gasteiger partial charge is 0.409 e. The number of amides is 1. The lowest BCUT2D eigenvalue weighted by molar-refractivity contribution is 0.0963. The number of nitrogens with one attached hydrogen (secondary N) is 2. The Morgan fingerprint density at radius 1 is 1.22 bits per heavy atom. The molecule has 7 nitrogen and oxygen atoms in total. The van der Waals surface area contributed by atoms with Crippen LogP contribution >= 0.6 is 24.0 Å². The van der Waals surface area contributed by atoms with E-state index in [9.17, 15) is 9.18 Å². The molecule has 0 spiro atoms. The van der Waals surface area contributed by atoms with Crippen molar-refractivity contribution in [2.75, 3.05) is 32.8 Å². The lowest BCUT2D eigenvalue weighted by Crippen LogP contribution is -2.50. The molecular formula is C23H32FIN4O3. The Labute approximate surface area is 205 Å². The summed E-state index contributed by atoms with van der Waals surface area (Å²) in [6.07, 6.45) is 4.56. The molecule has 1 aromatic carbocycles. The number of carbonyl (C=O) groups is 1. The minimum Gasteiger partial charge on any atom is -0.469 e. The molecular weight excluding hydrogens is 526 g/mol. The fourth-order valence-corrected chi connectivity index (χ4v) is 3.48. The van der Waals surface area contributed by atoms with Crippen LogP contribution in [-0.4, -0.2) is 55.8 Å². The molecule has 176 valence electrons. The van der Waals surface area contributed by atoms with Gasteiger partial charge in [-0.15, -0.1) is 24.0 Å². The number of piperidine rings is 1. The summed E-state index contributed by atoms with van der Waals surface area (Å²) in [7, 11) is 0. The van der Waals surface area contributed by atoms with Crippen LogP contribution in [0.3, 0.4) is 0 Å². The van der Waals surface area contributed by atoms with Crippen molar-refractivity contribution in [3.05, 3.63) is 59.8 Å². The summed E-state index contributed by atoms with van der Waals surface area (Å²) in [5, 5.41) is 6.87. The highest BCUT2D eigenvalue weighted by molar-refractivity contribution is 14.0. The third-order valence-electron chi connectivity index (χ3n) is 5.19. The molecule has 0 saturated carbocycles. The van der Waals surface area contributed by atoms with Crippen molar-refractivity contribution in [2.45, 2.75) is 38.6 Å². The number of aliphatic imine (C=N–C) groups is 1. The molecule has 0 aliphatic carbocycles. The summed E-state index contributed by atoms with van der Waals surface area (Å²) in [4.78, 5) is 18.3. The average Bonchev–Trinajstić information content (AvgIpc) is 3.29. The fraction of sp³-hybridized carbons (Fsp3) is 0.478. The van der Waals surface area contributed by atoms with E-state index in [4.69, 9.17) is 14.1 Å². The van der Waals surface area contributed by atoms with Gasteiger partial charge in [-0.2, -0.15) is 0 Å². The Balaban J connectivity index is 0.00000363. The zero-order valence-electron chi connectivity index (χ0n) is 18.4. The number of hydrogen-bond acceptors (Lipinski definition) is 4. The maximum atomic E-state index is 13.1. The Bertz CT molecular complexity index is 822. The van der Waals surface area contributed by atoms with Crippen LogP contribution in [0.1, 0.15) is 31.1 Å². The number of guanidine groups is 1. The summed E-state index contributed by atoms with van der Waals surface area (Å²) >= 11 is 0. The second kappa shape index (κ2) is 14.0. The maximum absolute atomic E-state index is 13.1. The second-order valence-corrected chi connectivity index (χ2v) is 7.47. The van der Waals surface area contributed by atoms with Gasteiger partial charge in [0.25, 0.3) is 0 Å². The van der Waals surface area contributed by atoms with Gasteiger partial charge < -0.3 is 24.7 Å². The van der Waals surface area contributed by atoms with Gasteiger partial charge in [0.05, 0.1) is 12.9 Å². The van der Waals surface area contributed by atoms with Crippen molar-refractivity contribution >= 4 is 36.0 Å². The van der Waals surface area contributed by atoms with Crippen LogP contribution < -0.4 is 10.6 Å². The molecule has 2 heterocycles. The van der Waals surface area contributed by atoms with Gasteiger partial charge in [0.15, 0.2) is 5.96 Å². The first-order valence-corrected chi connectivity index (χ1v) is 10.9. The fourth-order valence-electron chi connectivity index (χ4n) is 3.48. The first-order chi connectivity index (χ1) is 15.1. The Hall–Kier alpha value is -2.30. The molecule has 1 saturated heterocycles. The number of hydrogen-bond donors (Lipinski definition) is 2. The zero-order chi connectivity index (χ0) is 21.9. The van der Waals surface area contributed by atoms with Crippen molar-refractivity contribution in [3.8, 4) is 0 Å². The molecule has 1 aliphatic rings. The van der Waals surface area contributed by atoms with Crippen LogP contribution in [0.25, 0.3) is 0 Å². The maximum Gasteiger partial charge on any atom is 0.409 e. The lowest BCUT2D eigenvalue weighted by atomic mass is 10.1. The van der Waals surface area contributed by atoms with Gasteiger partial charge >= 0.3 is 6.09 Å². The standard InChI is InChI=1S/C23H31FN4O3.HI/c1-2-30-23(29)28-15-11-20(12-16-28)27-22(26-14-10-21-4-3-17-31-21)25-13-9-18-5-7-19(24)8-6-18;/h3-8,17,20H,2,9-16H2,1H3,(H2,25,26,27);1H. The van der Waals surface area contributed by atoms with E-state index in [2.05, 4.69) is 10.6 Å². The zero-order valence-corrected chi connectivity index (χ0v) is 20.7. The lowest BCUT2D eigenvalue weighted by Gasteiger charge is -2.32. The number of ether oxygens (including phenoxy) is 1. The number of halogens is 2. The molecule has 0 atom stereocenters. The first-order valence-electron chi connectivity index (χ1n) is 10.9. The molecule has 0 bridgehead atoms. The van der Waals surface area contributed by atoms with Crippen molar-refractivity contribution < 1.29 is 18.3 Å². The van der Waals surface area contributed by atoms with Gasteiger partial charge in [0.1, 0.15) is 11.6 Å². The normalized spacial score (nSPS) is 14.6. The molecule has 1 aromatic heterocycles. The van der Waals surface area contributed by atoms with Crippen molar-refractivity contribution in [1.82, 2.24) is 15.5 Å². The van der Waals surface area contributed by atoms with Crippen LogP contribution in [0.2, 0.25) is 0 Å². The molecule has 32 heavy (non-hydrogen) atoms. The number of benzene rings is 1. The summed E-state index contributed by atoms with van der Waals surface area (Å²) in [5.74, 6) is 1.41. The van der Waals surface area contributed by atoms with Crippen molar-refractivity contribution in [1.29, 1.82) is 0 Å². The van der Waals surface area contributed by atoms with Crippen LogP contribution in [-0.2, 0) is 17.6 Å². The third kappa shape index (κ3) is 8.68. The van der Waals surface area contributed by atoms with Crippen LogP contribution in [0.4, 0.5) is 9.18 Å². The van der Waals surface area contributed by atoms with Crippen LogP contribution in [0.5, 0.6) is 0 Å². The molecule has 0 radical (unpaired) electrons. The van der Waals surface area contributed by atoms with Gasteiger partial charge in [-0.3, -0.25) is 4.99 Å². The van der Waals surface area contributed by atoms with Gasteiger partial charge in [0.2, 0.25) is 0 Å². The van der Waals surface area contributed by atoms with Gasteiger partial charge in [0, 0.05) is 38.6 Å². The molecule has 1 amide bonds. The predicted molar refractivity (Wildman–Crippen MR) is 133 cm³/mol. The van der Waals surface area contributed by atoms with Gasteiger partial charge in [-0.05, 0) is 56.0 Å². The van der Waals surface area contributed by atoms with E-state index in [1.54, 1.807) is 23.3 Å². The van der Waals surface area contributed by atoms with E-state index in [1.165, 1.54) is 12.1 Å². The van der Waals surface area contributed by atoms with Crippen molar-refractivity contribution in [2.24, 2.45) is 4.99 Å². The minimum atomic E-state index is -0.245. The third-order valence-corrected chi connectivity index (χ3v) is 5.19. The Morgan fingerprint density at radius 2 is 1.97 bits per heavy atom. The predicted octanol–water partition coefficient (Wildman–Crippen LogP) is 3.98.